The number of hydrogen-bond donors (Lipinski definition) is 0. The van der Waals surface area contributed by atoms with E-state index >= 15 is 0 Å². The Kier molecular flexibility index (Phi) is 6.95. The predicted octanol–water partition coefficient (Wildman–Crippen LogP) is 3.67. The number of pyridine rings is 1. The van der Waals surface area contributed by atoms with Gasteiger partial charge < -0.3 is 23.8 Å². The summed E-state index contributed by atoms with van der Waals surface area (Å²) in [6.07, 6.45) is 0.759. The number of carbonyl (C=O) groups is 2. The Morgan fingerprint density at radius 2 is 1.79 bits per heavy atom. The summed E-state index contributed by atoms with van der Waals surface area (Å²) >= 11 is 0. The molecule has 0 bridgehead atoms. The summed E-state index contributed by atoms with van der Waals surface area (Å²) in [4.78, 5) is 40.2. The van der Waals surface area contributed by atoms with Gasteiger partial charge in [-0.05, 0) is 25.5 Å². The quantitative estimate of drug-likeness (QED) is 0.372. The number of carbonyl (C=O) groups excluding carboxylic acids is 2. The summed E-state index contributed by atoms with van der Waals surface area (Å²) < 4.78 is 22.8. The molecule has 0 saturated carbocycles. The van der Waals surface area contributed by atoms with Crippen LogP contribution in [0.15, 0.2) is 71.7 Å². The van der Waals surface area contributed by atoms with Crippen molar-refractivity contribution in [2.24, 2.45) is 0 Å². The van der Waals surface area contributed by atoms with Crippen molar-refractivity contribution in [3.8, 4) is 11.5 Å². The van der Waals surface area contributed by atoms with E-state index in [0.29, 0.717) is 13.0 Å². The van der Waals surface area contributed by atoms with E-state index in [1.54, 1.807) is 15.8 Å². The van der Waals surface area contributed by atoms with E-state index in [4.69, 9.17) is 14.2 Å². The molecule has 0 saturated heterocycles. The molecule has 0 fully saturated rings. The van der Waals surface area contributed by atoms with Gasteiger partial charge in [-0.1, -0.05) is 48.5 Å². The molecular weight excluding hydrogens is 490 g/mol. The Morgan fingerprint density at radius 1 is 1.05 bits per heavy atom. The molecule has 0 aliphatic carbocycles. The van der Waals surface area contributed by atoms with E-state index in [-0.39, 0.29) is 29.4 Å². The van der Waals surface area contributed by atoms with Crippen LogP contribution < -0.4 is 19.9 Å². The van der Waals surface area contributed by atoms with Gasteiger partial charge in [-0.25, -0.2) is 4.79 Å². The van der Waals surface area contributed by atoms with E-state index in [0.717, 1.165) is 16.9 Å². The first-order chi connectivity index (χ1) is 18.4. The first-order valence-corrected chi connectivity index (χ1v) is 12.4. The number of methoxy groups -OCH3 is 1. The van der Waals surface area contributed by atoms with Gasteiger partial charge in [0.15, 0.2) is 5.69 Å². The van der Waals surface area contributed by atoms with Crippen molar-refractivity contribution in [3.63, 3.8) is 0 Å². The van der Waals surface area contributed by atoms with Crippen molar-refractivity contribution in [1.29, 1.82) is 0 Å². The largest absolute Gasteiger partial charge is 0.510 e. The van der Waals surface area contributed by atoms with Crippen LogP contribution in [0.4, 0.5) is 4.79 Å². The van der Waals surface area contributed by atoms with Crippen molar-refractivity contribution in [2.45, 2.75) is 38.5 Å². The molecule has 0 radical (unpaired) electrons. The van der Waals surface area contributed by atoms with Crippen LogP contribution >= 0.6 is 0 Å². The fourth-order valence-electron chi connectivity index (χ4n) is 5.13. The lowest BCUT2D eigenvalue weighted by Gasteiger charge is -2.52. The molecule has 2 aliphatic heterocycles. The maximum absolute atomic E-state index is 14.0. The lowest BCUT2D eigenvalue weighted by molar-refractivity contribution is 0.0123. The minimum Gasteiger partial charge on any atom is -0.493 e. The molecule has 0 N–H and O–H groups in total. The van der Waals surface area contributed by atoms with Gasteiger partial charge in [0.05, 0.1) is 13.7 Å². The average molecular weight is 520 g/mol. The number of hydrogen-bond acceptors (Lipinski definition) is 8. The summed E-state index contributed by atoms with van der Waals surface area (Å²) in [5.74, 6) is 0.176. The number of para-hydroxylation sites is 1. The molecule has 0 spiro atoms. The highest BCUT2D eigenvalue weighted by molar-refractivity contribution is 5.97. The molecule has 10 nitrogen and oxygen atoms in total. The van der Waals surface area contributed by atoms with E-state index in [1.807, 2.05) is 68.4 Å². The third-order valence-electron chi connectivity index (χ3n) is 6.68. The zero-order valence-electron chi connectivity index (χ0n) is 21.4. The van der Waals surface area contributed by atoms with Crippen LogP contribution in [0.25, 0.3) is 0 Å². The van der Waals surface area contributed by atoms with E-state index in [9.17, 15) is 14.4 Å². The molecule has 10 heteroatoms. The number of benzene rings is 2. The van der Waals surface area contributed by atoms with Crippen LogP contribution in [0.3, 0.4) is 0 Å². The summed E-state index contributed by atoms with van der Waals surface area (Å²) in [5.41, 5.74) is 1.44. The van der Waals surface area contributed by atoms with E-state index in [1.165, 1.54) is 13.2 Å². The van der Waals surface area contributed by atoms with Gasteiger partial charge in [0, 0.05) is 30.3 Å². The Balaban J connectivity index is 1.74. The number of ether oxygens (including phenoxy) is 4. The molecule has 2 atom stereocenters. The first kappa shape index (κ1) is 25.2. The topological polar surface area (TPSA) is 99.5 Å². The van der Waals surface area contributed by atoms with Gasteiger partial charge in [0.2, 0.25) is 18.0 Å². The molecule has 2 aliphatic rings. The summed E-state index contributed by atoms with van der Waals surface area (Å²) in [6.45, 7) is 3.66. The van der Waals surface area contributed by atoms with Gasteiger partial charge in [-0.15, -0.1) is 0 Å². The monoisotopic (exact) mass is 519 g/mol. The van der Waals surface area contributed by atoms with Crippen LogP contribution in [-0.4, -0.2) is 54.4 Å². The van der Waals surface area contributed by atoms with Crippen molar-refractivity contribution >= 4 is 12.1 Å². The number of rotatable bonds is 5. The fourth-order valence-corrected chi connectivity index (χ4v) is 5.13. The molecule has 38 heavy (non-hydrogen) atoms. The van der Waals surface area contributed by atoms with E-state index < -0.39 is 24.5 Å². The van der Waals surface area contributed by atoms with Gasteiger partial charge in [0.1, 0.15) is 18.0 Å². The second-order valence-electron chi connectivity index (χ2n) is 9.22. The average Bonchev–Trinajstić information content (AvgIpc) is 2.91. The zero-order valence-corrected chi connectivity index (χ0v) is 21.4. The molecule has 1 aromatic heterocycles. The van der Waals surface area contributed by atoms with Crippen molar-refractivity contribution in [1.82, 2.24) is 9.58 Å². The molecule has 198 valence electrons. The molecule has 2 unspecified atom stereocenters. The minimum absolute atomic E-state index is 0.0517. The highest BCUT2D eigenvalue weighted by atomic mass is 16.8. The van der Waals surface area contributed by atoms with Gasteiger partial charge >= 0.3 is 6.16 Å². The summed E-state index contributed by atoms with van der Waals surface area (Å²) in [7, 11) is 1.17. The van der Waals surface area contributed by atoms with E-state index in [2.05, 4.69) is 9.75 Å². The molecule has 5 rings (SSSR count). The number of amides is 1. The lowest BCUT2D eigenvalue weighted by Crippen LogP contribution is -2.64. The van der Waals surface area contributed by atoms with Crippen LogP contribution in [0.2, 0.25) is 0 Å². The highest BCUT2D eigenvalue weighted by Gasteiger charge is 2.45. The predicted molar refractivity (Wildman–Crippen MR) is 138 cm³/mol. The van der Waals surface area contributed by atoms with Crippen LogP contribution in [0, 0.1) is 0 Å². The normalized spacial score (nSPS) is 18.4. The highest BCUT2D eigenvalue weighted by Crippen LogP contribution is 2.41. The fraction of sp³-hybridized carbons (Fsp3) is 0.321. The SMILES string of the molecule is COC(=O)OCOc1c2n(ccc1=O)N1C(c3ccccc3)c3ccccc3OCCC1N(C(C)C)C2=O. The minimum atomic E-state index is -0.963. The van der Waals surface area contributed by atoms with Crippen LogP contribution in [0.5, 0.6) is 11.5 Å². The number of aromatic nitrogens is 1. The molecule has 3 heterocycles. The maximum Gasteiger partial charge on any atom is 0.510 e. The Labute approximate surface area is 219 Å². The third kappa shape index (κ3) is 4.42. The van der Waals surface area contributed by atoms with Gasteiger partial charge in [-0.3, -0.25) is 19.3 Å². The van der Waals surface area contributed by atoms with Crippen molar-refractivity contribution < 1.29 is 28.5 Å². The number of fused-ring (bicyclic) bond motifs is 4. The third-order valence-corrected chi connectivity index (χ3v) is 6.68. The van der Waals surface area contributed by atoms with Crippen LogP contribution in [-0.2, 0) is 9.47 Å². The second kappa shape index (κ2) is 10.5. The van der Waals surface area contributed by atoms with Gasteiger partial charge in [0.25, 0.3) is 5.91 Å². The van der Waals surface area contributed by atoms with Crippen LogP contribution in [0.1, 0.15) is 47.9 Å². The number of nitrogens with zero attached hydrogens (tertiary/aromatic N) is 3. The standard InChI is InChI=1S/C28H29N3O7/c1-18(2)30-23-14-16-36-22-12-8-7-11-20(22)24(19-9-5-4-6-10-19)31(23)29-15-13-21(32)26(25(29)27(30)33)37-17-38-28(34)35-3/h4-13,15,18,23-24H,14,16-17H2,1-3H3. The second-order valence-corrected chi connectivity index (χ2v) is 9.22. The smallest absolute Gasteiger partial charge is 0.493 e. The Hall–Kier alpha value is -4.47. The molecule has 3 aromatic rings. The summed E-state index contributed by atoms with van der Waals surface area (Å²) in [6, 6.07) is 18.5. The van der Waals surface area contributed by atoms with Crippen molar-refractivity contribution in [2.75, 3.05) is 25.5 Å². The first-order valence-electron chi connectivity index (χ1n) is 12.4. The molecule has 1 amide bonds. The zero-order chi connectivity index (χ0) is 26.8. The summed E-state index contributed by atoms with van der Waals surface area (Å²) in [5, 5.41) is 2.10. The Morgan fingerprint density at radius 3 is 2.53 bits per heavy atom. The maximum atomic E-state index is 14.0. The molecule has 2 aromatic carbocycles. The Bertz CT molecular complexity index is 1390. The molecular formula is C28H29N3O7. The van der Waals surface area contributed by atoms with Crippen molar-refractivity contribution in [3.05, 3.63) is 93.9 Å². The van der Waals surface area contributed by atoms with Gasteiger partial charge in [-0.2, -0.15) is 0 Å². The lowest BCUT2D eigenvalue weighted by atomic mass is 9.95.